The predicted molar refractivity (Wildman–Crippen MR) is 86.1 cm³/mol. The maximum Gasteiger partial charge on any atom is 0.186 e. The van der Waals surface area contributed by atoms with Crippen molar-refractivity contribution in [3.63, 3.8) is 0 Å². The first-order valence-corrected chi connectivity index (χ1v) is 7.47. The van der Waals surface area contributed by atoms with Crippen LogP contribution in [0.2, 0.25) is 0 Å². The summed E-state index contributed by atoms with van der Waals surface area (Å²) in [5, 5.41) is 17.8. The molecule has 0 spiro atoms. The molecule has 0 saturated carbocycles. The summed E-state index contributed by atoms with van der Waals surface area (Å²) in [6, 6.07) is 11.9. The second kappa shape index (κ2) is 7.82. The summed E-state index contributed by atoms with van der Waals surface area (Å²) in [5.74, 6) is 1.43. The Kier molecular flexibility index (Phi) is 5.81. The third-order valence-electron chi connectivity index (χ3n) is 3.66. The van der Waals surface area contributed by atoms with E-state index in [0.717, 1.165) is 35.1 Å². The number of ether oxygens (including phenoxy) is 2. The molecule has 2 aromatic rings. The minimum atomic E-state index is -0.320. The van der Waals surface area contributed by atoms with Gasteiger partial charge in [0.2, 0.25) is 0 Å². The van der Waals surface area contributed by atoms with E-state index in [4.69, 9.17) is 19.7 Å². The molecule has 2 aromatic carbocycles. The van der Waals surface area contributed by atoms with E-state index in [1.54, 1.807) is 0 Å². The lowest BCUT2D eigenvalue weighted by atomic mass is 9.98. The van der Waals surface area contributed by atoms with Crippen LogP contribution in [0.1, 0.15) is 25.0 Å². The van der Waals surface area contributed by atoms with Gasteiger partial charge in [-0.15, -0.1) is 0 Å². The zero-order valence-electron chi connectivity index (χ0n) is 13.0. The molecule has 2 N–H and O–H groups in total. The van der Waals surface area contributed by atoms with Crippen LogP contribution in [-0.4, -0.2) is 23.8 Å². The number of hydrogen-bond acceptors (Lipinski definition) is 4. The van der Waals surface area contributed by atoms with Gasteiger partial charge in [0.25, 0.3) is 0 Å². The minimum Gasteiger partial charge on any atom is -0.467 e. The van der Waals surface area contributed by atoms with Crippen molar-refractivity contribution in [2.24, 2.45) is 0 Å². The molecule has 0 saturated heterocycles. The fraction of sp³-hybridized carbons (Fsp3) is 0.333. The highest BCUT2D eigenvalue weighted by Crippen LogP contribution is 2.30. The van der Waals surface area contributed by atoms with Gasteiger partial charge < -0.3 is 19.7 Å². The molecule has 0 aromatic heterocycles. The highest BCUT2D eigenvalue weighted by molar-refractivity contribution is 5.67. The van der Waals surface area contributed by atoms with Crippen LogP contribution < -0.4 is 9.47 Å². The van der Waals surface area contributed by atoms with E-state index >= 15 is 0 Å². The van der Waals surface area contributed by atoms with Gasteiger partial charge in [-0.05, 0) is 59.4 Å². The van der Waals surface area contributed by atoms with E-state index in [1.807, 2.05) is 24.3 Å². The smallest absolute Gasteiger partial charge is 0.186 e. The van der Waals surface area contributed by atoms with E-state index < -0.39 is 0 Å². The third kappa shape index (κ3) is 3.59. The van der Waals surface area contributed by atoms with Gasteiger partial charge in [-0.25, -0.2) is 0 Å². The molecule has 0 aliphatic rings. The quantitative estimate of drug-likeness (QED) is 0.771. The summed E-state index contributed by atoms with van der Waals surface area (Å²) in [6.07, 6.45) is 1.66. The molecule has 0 radical (unpaired) electrons. The Labute approximate surface area is 130 Å². The van der Waals surface area contributed by atoms with Crippen LogP contribution in [0, 0.1) is 0 Å². The molecule has 4 heteroatoms. The van der Waals surface area contributed by atoms with Crippen LogP contribution in [0.3, 0.4) is 0 Å². The molecule has 2 rings (SSSR count). The van der Waals surface area contributed by atoms with Crippen molar-refractivity contribution in [1.29, 1.82) is 0 Å². The Hall–Kier alpha value is -2.04. The predicted octanol–water partition coefficient (Wildman–Crippen LogP) is 3.14. The lowest BCUT2D eigenvalue weighted by Gasteiger charge is -2.13. The van der Waals surface area contributed by atoms with E-state index in [2.05, 4.69) is 26.0 Å². The Morgan fingerprint density at radius 2 is 1.14 bits per heavy atom. The maximum absolute atomic E-state index is 8.92. The third-order valence-corrected chi connectivity index (χ3v) is 3.66. The molecule has 0 amide bonds. The molecule has 22 heavy (non-hydrogen) atoms. The topological polar surface area (TPSA) is 58.9 Å². The van der Waals surface area contributed by atoms with Gasteiger partial charge in [-0.1, -0.05) is 26.0 Å². The molecule has 4 nitrogen and oxygen atoms in total. The minimum absolute atomic E-state index is 0.320. The molecular weight excluding hydrogens is 280 g/mol. The summed E-state index contributed by atoms with van der Waals surface area (Å²) in [6.45, 7) is 3.47. The van der Waals surface area contributed by atoms with Crippen LogP contribution in [-0.2, 0) is 12.8 Å². The highest BCUT2D eigenvalue weighted by atomic mass is 16.6. The molecule has 0 aliphatic carbocycles. The Morgan fingerprint density at radius 1 is 0.727 bits per heavy atom. The Morgan fingerprint density at radius 3 is 1.45 bits per heavy atom. The normalized spacial score (nSPS) is 10.5. The van der Waals surface area contributed by atoms with Crippen LogP contribution in [0.5, 0.6) is 11.5 Å². The number of aryl methyl sites for hydroxylation is 2. The second-order valence-corrected chi connectivity index (χ2v) is 4.90. The molecule has 118 valence electrons. The SMILES string of the molecule is CCc1cc(-c2ccc(OCO)c(CC)c2)ccc1OCO. The first-order valence-electron chi connectivity index (χ1n) is 7.47. The lowest BCUT2D eigenvalue weighted by molar-refractivity contribution is 0.0972. The van der Waals surface area contributed by atoms with Gasteiger partial charge in [0.1, 0.15) is 11.5 Å². The number of aliphatic hydroxyl groups excluding tert-OH is 2. The van der Waals surface area contributed by atoms with Crippen LogP contribution in [0.25, 0.3) is 11.1 Å². The molecule has 0 atom stereocenters. The maximum atomic E-state index is 8.92. The average Bonchev–Trinajstić information content (AvgIpc) is 2.56. The molecule has 0 aliphatic heterocycles. The number of hydrogen-bond donors (Lipinski definition) is 2. The van der Waals surface area contributed by atoms with Gasteiger partial charge in [-0.3, -0.25) is 0 Å². The monoisotopic (exact) mass is 302 g/mol. The van der Waals surface area contributed by atoms with E-state index in [1.165, 1.54) is 0 Å². The van der Waals surface area contributed by atoms with Crippen LogP contribution in [0.4, 0.5) is 0 Å². The van der Waals surface area contributed by atoms with Gasteiger partial charge >= 0.3 is 0 Å². The van der Waals surface area contributed by atoms with Crippen molar-refractivity contribution in [2.45, 2.75) is 26.7 Å². The summed E-state index contributed by atoms with van der Waals surface area (Å²) in [5.41, 5.74) is 4.29. The Bertz CT molecular complexity index is 567. The second-order valence-electron chi connectivity index (χ2n) is 4.90. The summed E-state index contributed by atoms with van der Waals surface area (Å²) >= 11 is 0. The van der Waals surface area contributed by atoms with Crippen molar-refractivity contribution in [3.8, 4) is 22.6 Å². The summed E-state index contributed by atoms with van der Waals surface area (Å²) in [4.78, 5) is 0. The fourth-order valence-corrected chi connectivity index (χ4v) is 2.49. The first-order chi connectivity index (χ1) is 10.7. The lowest BCUT2D eigenvalue weighted by Crippen LogP contribution is -1.99. The number of aliphatic hydroxyl groups is 2. The highest BCUT2D eigenvalue weighted by Gasteiger charge is 2.08. The fourth-order valence-electron chi connectivity index (χ4n) is 2.49. The van der Waals surface area contributed by atoms with Gasteiger partial charge in [0.05, 0.1) is 0 Å². The molecule has 0 heterocycles. The zero-order chi connectivity index (χ0) is 15.9. The van der Waals surface area contributed by atoms with Crippen LogP contribution in [0.15, 0.2) is 36.4 Å². The van der Waals surface area contributed by atoms with Crippen molar-refractivity contribution in [3.05, 3.63) is 47.5 Å². The summed E-state index contributed by atoms with van der Waals surface area (Å²) in [7, 11) is 0. The van der Waals surface area contributed by atoms with Gasteiger partial charge in [0.15, 0.2) is 13.6 Å². The largest absolute Gasteiger partial charge is 0.467 e. The number of rotatable bonds is 7. The van der Waals surface area contributed by atoms with Crippen molar-refractivity contribution >= 4 is 0 Å². The Balaban J connectivity index is 2.39. The molecule has 0 fully saturated rings. The van der Waals surface area contributed by atoms with E-state index in [9.17, 15) is 0 Å². The van der Waals surface area contributed by atoms with Gasteiger partial charge in [0, 0.05) is 0 Å². The van der Waals surface area contributed by atoms with Crippen molar-refractivity contribution < 1.29 is 19.7 Å². The van der Waals surface area contributed by atoms with E-state index in [0.29, 0.717) is 11.5 Å². The molecule has 0 unspecified atom stereocenters. The summed E-state index contributed by atoms with van der Waals surface area (Å²) < 4.78 is 10.4. The average molecular weight is 302 g/mol. The van der Waals surface area contributed by atoms with Crippen LogP contribution >= 0.6 is 0 Å². The molecular formula is C18H22O4. The first kappa shape index (κ1) is 16.3. The standard InChI is InChI=1S/C18H22O4/c1-3-13-9-15(5-7-17(13)21-11-19)16-6-8-18(22-12-20)14(4-2)10-16/h5-10,19-20H,3-4,11-12H2,1-2H3. The van der Waals surface area contributed by atoms with Crippen molar-refractivity contribution in [1.82, 2.24) is 0 Å². The molecule has 0 bridgehead atoms. The van der Waals surface area contributed by atoms with E-state index in [-0.39, 0.29) is 13.6 Å². The number of benzene rings is 2. The van der Waals surface area contributed by atoms with Crippen molar-refractivity contribution in [2.75, 3.05) is 13.6 Å². The zero-order valence-corrected chi connectivity index (χ0v) is 13.0. The van der Waals surface area contributed by atoms with Gasteiger partial charge in [-0.2, -0.15) is 0 Å².